The molecule has 9 heteroatoms. The number of rotatable bonds is 8. The minimum absolute atomic E-state index is 0.0749. The van der Waals surface area contributed by atoms with Crippen LogP contribution < -0.4 is 16.4 Å². The van der Waals surface area contributed by atoms with E-state index in [1.807, 2.05) is 6.07 Å². The molecule has 0 spiro atoms. The molecular weight excluding hydrogens is 408 g/mol. The van der Waals surface area contributed by atoms with Crippen LogP contribution in [0.25, 0.3) is 16.7 Å². The van der Waals surface area contributed by atoms with Gasteiger partial charge < -0.3 is 14.6 Å². The van der Waals surface area contributed by atoms with E-state index in [0.29, 0.717) is 49.5 Å². The van der Waals surface area contributed by atoms with Gasteiger partial charge in [-0.1, -0.05) is 25.8 Å². The van der Waals surface area contributed by atoms with Crippen LogP contribution in [0.3, 0.4) is 0 Å². The van der Waals surface area contributed by atoms with E-state index in [0.717, 1.165) is 32.4 Å². The van der Waals surface area contributed by atoms with Crippen molar-refractivity contribution >= 4 is 22.6 Å². The lowest BCUT2D eigenvalue weighted by molar-refractivity contribution is 0.0363. The second-order valence-electron chi connectivity index (χ2n) is 8.06. The van der Waals surface area contributed by atoms with E-state index in [4.69, 9.17) is 10.1 Å². The standard InChI is InChI=1S/C23H30N6O3/c1-2-3-5-8-25-22(30)17-16-18-21(26-19-7-4-6-9-28(19)23(18)31)29(20(17)24)11-10-27-12-14-32-15-13-27/h4,6-7,9,16,24H,2-3,5,8,10-15H2,1H3,(H,25,30). The second-order valence-corrected chi connectivity index (χ2v) is 8.06. The molecule has 9 nitrogen and oxygen atoms in total. The highest BCUT2D eigenvalue weighted by molar-refractivity contribution is 5.96. The molecule has 4 rings (SSSR count). The zero-order valence-corrected chi connectivity index (χ0v) is 18.5. The molecule has 1 fully saturated rings. The van der Waals surface area contributed by atoms with Gasteiger partial charge in [0.05, 0.1) is 24.2 Å². The molecule has 0 aromatic carbocycles. The molecule has 0 atom stereocenters. The summed E-state index contributed by atoms with van der Waals surface area (Å²) in [6.07, 6.45) is 4.64. The summed E-state index contributed by atoms with van der Waals surface area (Å²) in [5, 5.41) is 12.0. The molecule has 170 valence electrons. The first-order valence-electron chi connectivity index (χ1n) is 11.3. The predicted octanol–water partition coefficient (Wildman–Crippen LogP) is 1.38. The highest BCUT2D eigenvalue weighted by atomic mass is 16.5. The fourth-order valence-corrected chi connectivity index (χ4v) is 4.02. The Labute approximate surface area is 186 Å². The van der Waals surface area contributed by atoms with Gasteiger partial charge in [-0.3, -0.25) is 24.3 Å². The molecule has 0 radical (unpaired) electrons. The molecule has 0 bridgehead atoms. The minimum atomic E-state index is -0.328. The molecule has 0 aliphatic carbocycles. The van der Waals surface area contributed by atoms with Crippen LogP contribution in [0.2, 0.25) is 0 Å². The molecule has 4 heterocycles. The van der Waals surface area contributed by atoms with E-state index in [9.17, 15) is 9.59 Å². The maximum Gasteiger partial charge on any atom is 0.267 e. The number of hydrogen-bond acceptors (Lipinski definition) is 6. The topological polar surface area (TPSA) is 105 Å². The number of amides is 1. The maximum atomic E-state index is 13.2. The van der Waals surface area contributed by atoms with Crippen molar-refractivity contribution in [2.24, 2.45) is 0 Å². The van der Waals surface area contributed by atoms with Crippen LogP contribution in [-0.4, -0.2) is 64.2 Å². The van der Waals surface area contributed by atoms with E-state index in [1.165, 1.54) is 10.5 Å². The van der Waals surface area contributed by atoms with Gasteiger partial charge in [0.2, 0.25) is 0 Å². The number of nitrogens with one attached hydrogen (secondary N) is 2. The van der Waals surface area contributed by atoms with Gasteiger partial charge in [-0.25, -0.2) is 4.98 Å². The lowest BCUT2D eigenvalue weighted by Gasteiger charge is -2.27. The van der Waals surface area contributed by atoms with Crippen molar-refractivity contribution in [2.75, 3.05) is 39.4 Å². The molecule has 1 amide bonds. The Balaban J connectivity index is 1.77. The van der Waals surface area contributed by atoms with Gasteiger partial charge >= 0.3 is 0 Å². The van der Waals surface area contributed by atoms with Crippen LogP contribution in [0.5, 0.6) is 0 Å². The summed E-state index contributed by atoms with van der Waals surface area (Å²) in [5.41, 5.74) is 0.978. The van der Waals surface area contributed by atoms with Gasteiger partial charge in [-0.2, -0.15) is 0 Å². The lowest BCUT2D eigenvalue weighted by atomic mass is 10.2. The number of carbonyl (C=O) groups excluding carboxylic acids is 1. The minimum Gasteiger partial charge on any atom is -0.379 e. The van der Waals surface area contributed by atoms with E-state index < -0.39 is 0 Å². The van der Waals surface area contributed by atoms with Gasteiger partial charge in [0.25, 0.3) is 11.5 Å². The van der Waals surface area contributed by atoms with Crippen molar-refractivity contribution in [2.45, 2.75) is 32.7 Å². The Kier molecular flexibility index (Phi) is 6.96. The van der Waals surface area contributed by atoms with Gasteiger partial charge in [0.15, 0.2) is 0 Å². The number of unbranched alkanes of at least 4 members (excludes halogenated alkanes) is 2. The summed E-state index contributed by atoms with van der Waals surface area (Å²) in [6, 6.07) is 6.89. The van der Waals surface area contributed by atoms with Crippen LogP contribution in [0.1, 0.15) is 36.5 Å². The van der Waals surface area contributed by atoms with Crippen molar-refractivity contribution < 1.29 is 9.53 Å². The van der Waals surface area contributed by atoms with Crippen LogP contribution in [-0.2, 0) is 11.3 Å². The van der Waals surface area contributed by atoms with Gasteiger partial charge in [0.1, 0.15) is 16.8 Å². The summed E-state index contributed by atoms with van der Waals surface area (Å²) in [4.78, 5) is 33.1. The molecule has 1 aliphatic heterocycles. The number of nitrogens with zero attached hydrogens (tertiary/aromatic N) is 4. The molecule has 3 aromatic heterocycles. The number of aromatic nitrogens is 3. The summed E-state index contributed by atoms with van der Waals surface area (Å²) in [6.45, 7) is 6.81. The largest absolute Gasteiger partial charge is 0.379 e. The van der Waals surface area contributed by atoms with Crippen molar-refractivity contribution in [1.82, 2.24) is 24.2 Å². The Morgan fingerprint density at radius 1 is 1.22 bits per heavy atom. The zero-order chi connectivity index (χ0) is 22.5. The second kappa shape index (κ2) is 10.1. The van der Waals surface area contributed by atoms with Gasteiger partial charge in [-0.05, 0) is 24.6 Å². The molecule has 2 N–H and O–H groups in total. The van der Waals surface area contributed by atoms with Crippen LogP contribution in [0, 0.1) is 5.41 Å². The van der Waals surface area contributed by atoms with E-state index in [-0.39, 0.29) is 22.5 Å². The molecule has 1 saturated heterocycles. The fraction of sp³-hybridized carbons (Fsp3) is 0.478. The first kappa shape index (κ1) is 22.2. The Morgan fingerprint density at radius 2 is 2.03 bits per heavy atom. The molecule has 1 aliphatic rings. The molecule has 32 heavy (non-hydrogen) atoms. The molecular formula is C23H30N6O3. The van der Waals surface area contributed by atoms with Crippen LogP contribution in [0.15, 0.2) is 35.3 Å². The van der Waals surface area contributed by atoms with E-state index in [1.54, 1.807) is 22.9 Å². The predicted molar refractivity (Wildman–Crippen MR) is 122 cm³/mol. The molecule has 0 unspecified atom stereocenters. The Bertz CT molecular complexity index is 1230. The number of fused-ring (bicyclic) bond motifs is 2. The highest BCUT2D eigenvalue weighted by Crippen LogP contribution is 2.11. The first-order chi connectivity index (χ1) is 15.6. The van der Waals surface area contributed by atoms with Crippen LogP contribution in [0.4, 0.5) is 0 Å². The highest BCUT2D eigenvalue weighted by Gasteiger charge is 2.18. The molecule has 3 aromatic rings. The number of ether oxygens (including phenoxy) is 1. The van der Waals surface area contributed by atoms with Gasteiger partial charge in [0, 0.05) is 38.9 Å². The monoisotopic (exact) mass is 438 g/mol. The quantitative estimate of drug-likeness (QED) is 0.408. The first-order valence-corrected chi connectivity index (χ1v) is 11.3. The summed E-state index contributed by atoms with van der Waals surface area (Å²) >= 11 is 0. The van der Waals surface area contributed by atoms with Gasteiger partial charge in [-0.15, -0.1) is 0 Å². The summed E-state index contributed by atoms with van der Waals surface area (Å²) in [5.74, 6) is -0.328. The number of pyridine rings is 2. The molecule has 0 saturated carbocycles. The number of hydrogen-bond donors (Lipinski definition) is 2. The van der Waals surface area contributed by atoms with Crippen LogP contribution >= 0.6 is 0 Å². The lowest BCUT2D eigenvalue weighted by Crippen LogP contribution is -2.41. The average molecular weight is 439 g/mol. The van der Waals surface area contributed by atoms with Crippen molar-refractivity contribution in [3.8, 4) is 0 Å². The third kappa shape index (κ3) is 4.58. The van der Waals surface area contributed by atoms with Crippen molar-refractivity contribution in [3.63, 3.8) is 0 Å². The van der Waals surface area contributed by atoms with Crippen molar-refractivity contribution in [1.29, 1.82) is 5.41 Å². The number of carbonyl (C=O) groups is 1. The third-order valence-corrected chi connectivity index (χ3v) is 5.87. The summed E-state index contributed by atoms with van der Waals surface area (Å²) < 4.78 is 8.59. The average Bonchev–Trinajstić information content (AvgIpc) is 2.82. The fourth-order valence-electron chi connectivity index (χ4n) is 4.02. The van der Waals surface area contributed by atoms with E-state index >= 15 is 0 Å². The smallest absolute Gasteiger partial charge is 0.267 e. The Morgan fingerprint density at radius 3 is 2.81 bits per heavy atom. The normalized spacial score (nSPS) is 14.8. The number of morpholine rings is 1. The maximum absolute atomic E-state index is 13.2. The van der Waals surface area contributed by atoms with Crippen molar-refractivity contribution in [3.05, 3.63) is 51.9 Å². The van der Waals surface area contributed by atoms with E-state index in [2.05, 4.69) is 22.1 Å². The third-order valence-electron chi connectivity index (χ3n) is 5.87. The summed E-state index contributed by atoms with van der Waals surface area (Å²) in [7, 11) is 0. The SMILES string of the molecule is CCCCCNC(=O)c1cc2c(=O)n3ccccc3nc2n(CCN2CCOCC2)c1=N. The Hall–Kier alpha value is -3.04. The zero-order valence-electron chi connectivity index (χ0n) is 18.5.